The normalized spacial score (nSPS) is 12.4. The number of aromatic nitrogens is 1. The van der Waals surface area contributed by atoms with Crippen LogP contribution in [0.4, 0.5) is 0 Å². The second kappa shape index (κ2) is 10.3. The molecule has 0 saturated heterocycles. The third kappa shape index (κ3) is 6.23. The summed E-state index contributed by atoms with van der Waals surface area (Å²) in [6.07, 6.45) is 4.09. The largest absolute Gasteiger partial charge is 0.396 e. The van der Waals surface area contributed by atoms with Gasteiger partial charge in [0.25, 0.3) is 0 Å². The highest BCUT2D eigenvalue weighted by molar-refractivity contribution is 14.0. The fraction of sp³-hybridized carbons (Fsp3) is 0.353. The third-order valence-corrected chi connectivity index (χ3v) is 3.58. The molecule has 0 amide bonds. The van der Waals surface area contributed by atoms with Gasteiger partial charge in [-0.2, -0.15) is 0 Å². The maximum Gasteiger partial charge on any atom is 0.191 e. The second-order valence-corrected chi connectivity index (χ2v) is 5.28. The number of rotatable bonds is 6. The first-order chi connectivity index (χ1) is 10.7. The van der Waals surface area contributed by atoms with Gasteiger partial charge in [0.15, 0.2) is 5.96 Å². The first kappa shape index (κ1) is 19.5. The van der Waals surface area contributed by atoms with E-state index in [2.05, 4.69) is 27.9 Å². The van der Waals surface area contributed by atoms with E-state index in [4.69, 9.17) is 0 Å². The highest BCUT2D eigenvalue weighted by Crippen LogP contribution is 2.13. The van der Waals surface area contributed by atoms with Crippen molar-refractivity contribution in [1.82, 2.24) is 15.2 Å². The van der Waals surface area contributed by atoms with Crippen LogP contribution in [0.25, 0.3) is 0 Å². The summed E-state index contributed by atoms with van der Waals surface area (Å²) in [7, 11) is 3.75. The first-order valence-corrected chi connectivity index (χ1v) is 7.44. The van der Waals surface area contributed by atoms with Gasteiger partial charge in [-0.05, 0) is 17.2 Å². The molecule has 2 aromatic rings. The molecule has 0 saturated carbocycles. The van der Waals surface area contributed by atoms with Crippen molar-refractivity contribution >= 4 is 29.9 Å². The Hall–Kier alpha value is -1.54. The smallest absolute Gasteiger partial charge is 0.191 e. The SMILES string of the molecule is CN=C(NCc1ccn(C)c1)NCC(CO)c1ccccc1.I. The fourth-order valence-electron chi connectivity index (χ4n) is 2.30. The predicted molar refractivity (Wildman–Crippen MR) is 105 cm³/mol. The Morgan fingerprint density at radius 1 is 1.22 bits per heavy atom. The van der Waals surface area contributed by atoms with Crippen LogP contribution >= 0.6 is 24.0 Å². The lowest BCUT2D eigenvalue weighted by Gasteiger charge is -2.18. The Bertz CT molecular complexity index is 598. The topological polar surface area (TPSA) is 61.6 Å². The van der Waals surface area contributed by atoms with Gasteiger partial charge < -0.3 is 20.3 Å². The van der Waals surface area contributed by atoms with Gasteiger partial charge in [-0.15, -0.1) is 24.0 Å². The molecule has 1 aromatic carbocycles. The third-order valence-electron chi connectivity index (χ3n) is 3.58. The van der Waals surface area contributed by atoms with E-state index in [1.165, 1.54) is 5.56 Å². The molecule has 126 valence electrons. The highest BCUT2D eigenvalue weighted by Gasteiger charge is 2.10. The summed E-state index contributed by atoms with van der Waals surface area (Å²) >= 11 is 0. The molecule has 1 atom stereocenters. The number of aryl methyl sites for hydroxylation is 1. The average molecular weight is 428 g/mol. The summed E-state index contributed by atoms with van der Waals surface area (Å²) in [6.45, 7) is 1.46. The summed E-state index contributed by atoms with van der Waals surface area (Å²) in [6, 6.07) is 12.1. The van der Waals surface area contributed by atoms with Crippen molar-refractivity contribution in [2.24, 2.45) is 12.0 Å². The molecular weight excluding hydrogens is 403 g/mol. The Balaban J connectivity index is 0.00000264. The minimum absolute atomic E-state index is 0. The van der Waals surface area contributed by atoms with Crippen LogP contribution < -0.4 is 10.6 Å². The van der Waals surface area contributed by atoms with Crippen LogP contribution in [0.3, 0.4) is 0 Å². The van der Waals surface area contributed by atoms with Crippen molar-refractivity contribution in [2.75, 3.05) is 20.2 Å². The van der Waals surface area contributed by atoms with Gasteiger partial charge in [0.2, 0.25) is 0 Å². The quantitative estimate of drug-likeness (QED) is 0.375. The van der Waals surface area contributed by atoms with Crippen molar-refractivity contribution in [1.29, 1.82) is 0 Å². The molecule has 0 bridgehead atoms. The lowest BCUT2D eigenvalue weighted by atomic mass is 10.0. The molecule has 0 spiro atoms. The zero-order chi connectivity index (χ0) is 15.8. The fourth-order valence-corrected chi connectivity index (χ4v) is 2.30. The Morgan fingerprint density at radius 3 is 2.52 bits per heavy atom. The standard InChI is InChI=1S/C17H24N4O.HI/c1-18-17(19-10-14-8-9-21(2)12-14)20-11-16(13-22)15-6-4-3-5-7-15;/h3-9,12,16,22H,10-11,13H2,1-2H3,(H2,18,19,20);1H. The van der Waals surface area contributed by atoms with Gasteiger partial charge >= 0.3 is 0 Å². The molecular formula is C17H25IN4O. The minimum Gasteiger partial charge on any atom is -0.396 e. The zero-order valence-electron chi connectivity index (χ0n) is 13.6. The number of guanidine groups is 1. The predicted octanol–water partition coefficient (Wildman–Crippen LogP) is 2.08. The molecule has 6 heteroatoms. The number of nitrogens with zero attached hydrogens (tertiary/aromatic N) is 2. The number of nitrogens with one attached hydrogen (secondary N) is 2. The second-order valence-electron chi connectivity index (χ2n) is 5.28. The average Bonchev–Trinajstić information content (AvgIpc) is 2.97. The van der Waals surface area contributed by atoms with Crippen molar-refractivity contribution < 1.29 is 5.11 Å². The van der Waals surface area contributed by atoms with E-state index in [1.807, 2.05) is 48.1 Å². The summed E-state index contributed by atoms with van der Waals surface area (Å²) in [5, 5.41) is 16.1. The van der Waals surface area contributed by atoms with Gasteiger partial charge in [-0.25, -0.2) is 0 Å². The number of benzene rings is 1. The van der Waals surface area contributed by atoms with Crippen molar-refractivity contribution in [3.05, 3.63) is 59.9 Å². The van der Waals surface area contributed by atoms with E-state index in [9.17, 15) is 5.11 Å². The van der Waals surface area contributed by atoms with E-state index >= 15 is 0 Å². The van der Waals surface area contributed by atoms with E-state index in [0.717, 1.165) is 18.1 Å². The molecule has 1 unspecified atom stereocenters. The number of hydrogen-bond acceptors (Lipinski definition) is 2. The van der Waals surface area contributed by atoms with Gasteiger partial charge in [0.1, 0.15) is 0 Å². The van der Waals surface area contributed by atoms with Crippen molar-refractivity contribution in [2.45, 2.75) is 12.5 Å². The number of aliphatic hydroxyl groups excluding tert-OH is 1. The van der Waals surface area contributed by atoms with Gasteiger partial charge in [0, 0.05) is 45.5 Å². The summed E-state index contributed by atoms with van der Waals surface area (Å²) < 4.78 is 2.02. The van der Waals surface area contributed by atoms with Crippen LogP contribution in [-0.2, 0) is 13.6 Å². The van der Waals surface area contributed by atoms with Crippen molar-refractivity contribution in [3.63, 3.8) is 0 Å². The molecule has 0 aliphatic heterocycles. The maximum absolute atomic E-state index is 9.57. The molecule has 0 aliphatic carbocycles. The molecule has 0 aliphatic rings. The first-order valence-electron chi connectivity index (χ1n) is 7.44. The molecule has 23 heavy (non-hydrogen) atoms. The number of aliphatic imine (C=N–C) groups is 1. The number of aliphatic hydroxyl groups is 1. The van der Waals surface area contributed by atoms with Crippen LogP contribution in [0.2, 0.25) is 0 Å². The number of halogens is 1. The van der Waals surface area contributed by atoms with Gasteiger partial charge in [-0.1, -0.05) is 30.3 Å². The van der Waals surface area contributed by atoms with Crippen LogP contribution in [0, 0.1) is 0 Å². The Kier molecular flexibility index (Phi) is 8.71. The molecule has 2 rings (SSSR count). The van der Waals surface area contributed by atoms with Crippen LogP contribution in [0.1, 0.15) is 17.0 Å². The van der Waals surface area contributed by atoms with Crippen LogP contribution in [-0.4, -0.2) is 35.8 Å². The Labute approximate surface area is 154 Å². The molecule has 0 radical (unpaired) electrons. The summed E-state index contributed by atoms with van der Waals surface area (Å²) in [5.41, 5.74) is 2.32. The lowest BCUT2D eigenvalue weighted by Crippen LogP contribution is -2.39. The summed E-state index contributed by atoms with van der Waals surface area (Å²) in [5.74, 6) is 0.787. The van der Waals surface area contributed by atoms with Crippen LogP contribution in [0.15, 0.2) is 53.8 Å². The van der Waals surface area contributed by atoms with Gasteiger partial charge in [0.05, 0.1) is 6.61 Å². The van der Waals surface area contributed by atoms with E-state index < -0.39 is 0 Å². The highest BCUT2D eigenvalue weighted by atomic mass is 127. The number of hydrogen-bond donors (Lipinski definition) is 3. The van der Waals surface area contributed by atoms with E-state index in [0.29, 0.717) is 6.54 Å². The molecule has 5 nitrogen and oxygen atoms in total. The lowest BCUT2D eigenvalue weighted by molar-refractivity contribution is 0.265. The maximum atomic E-state index is 9.57. The van der Waals surface area contributed by atoms with Crippen molar-refractivity contribution in [3.8, 4) is 0 Å². The molecule has 1 aromatic heterocycles. The monoisotopic (exact) mass is 428 g/mol. The Morgan fingerprint density at radius 2 is 1.96 bits per heavy atom. The molecule has 0 fully saturated rings. The molecule has 3 N–H and O–H groups in total. The molecule has 1 heterocycles. The zero-order valence-corrected chi connectivity index (χ0v) is 15.9. The van der Waals surface area contributed by atoms with Crippen LogP contribution in [0.5, 0.6) is 0 Å². The van der Waals surface area contributed by atoms with Gasteiger partial charge in [-0.3, -0.25) is 4.99 Å². The minimum atomic E-state index is 0. The van der Waals surface area contributed by atoms with E-state index in [1.54, 1.807) is 7.05 Å². The van der Waals surface area contributed by atoms with E-state index in [-0.39, 0.29) is 36.5 Å². The summed E-state index contributed by atoms with van der Waals surface area (Å²) in [4.78, 5) is 4.22.